The Bertz CT molecular complexity index is 1120. The number of esters is 1. The number of ether oxygens (including phenoxy) is 2. The van der Waals surface area contributed by atoms with Crippen LogP contribution in [0.15, 0.2) is 71.9 Å². The molecule has 152 valence electrons. The van der Waals surface area contributed by atoms with Crippen molar-refractivity contribution in [3.05, 3.63) is 83.6 Å². The van der Waals surface area contributed by atoms with E-state index >= 15 is 0 Å². The summed E-state index contributed by atoms with van der Waals surface area (Å²) in [6.07, 6.45) is 3.33. The molecule has 0 fully saturated rings. The molecule has 1 unspecified atom stereocenters. The van der Waals surface area contributed by atoms with Gasteiger partial charge in [0.25, 0.3) is 0 Å². The molecule has 2 heterocycles. The zero-order chi connectivity index (χ0) is 20.9. The fraction of sp³-hybridized carbons (Fsp3) is 0.208. The van der Waals surface area contributed by atoms with Gasteiger partial charge < -0.3 is 14.3 Å². The van der Waals surface area contributed by atoms with Crippen molar-refractivity contribution in [1.82, 2.24) is 4.98 Å². The molecule has 3 aromatic rings. The highest BCUT2D eigenvalue weighted by Crippen LogP contribution is 2.23. The molecule has 4 rings (SSSR count). The summed E-state index contributed by atoms with van der Waals surface area (Å²) in [5.74, 6) is 0.365. The third kappa shape index (κ3) is 4.49. The van der Waals surface area contributed by atoms with Gasteiger partial charge in [-0.15, -0.1) is 0 Å². The number of pyridine rings is 1. The minimum absolute atomic E-state index is 0.266. The second kappa shape index (κ2) is 8.78. The summed E-state index contributed by atoms with van der Waals surface area (Å²) in [4.78, 5) is 21.1. The highest BCUT2D eigenvalue weighted by molar-refractivity contribution is 6.01. The lowest BCUT2D eigenvalue weighted by Gasteiger charge is -2.10. The number of hydrogen-bond acceptors (Lipinski definition) is 6. The minimum Gasteiger partial charge on any atom is -0.489 e. The molecule has 30 heavy (non-hydrogen) atoms. The van der Waals surface area contributed by atoms with Crippen molar-refractivity contribution in [1.29, 1.82) is 0 Å². The maximum Gasteiger partial charge on any atom is 0.330 e. The van der Waals surface area contributed by atoms with E-state index in [1.807, 2.05) is 49.4 Å². The average Bonchev–Trinajstić information content (AvgIpc) is 3.25. The van der Waals surface area contributed by atoms with Gasteiger partial charge in [0.2, 0.25) is 0 Å². The lowest BCUT2D eigenvalue weighted by molar-refractivity contribution is -0.134. The topological polar surface area (TPSA) is 70.0 Å². The zero-order valence-corrected chi connectivity index (χ0v) is 16.9. The van der Waals surface area contributed by atoms with Crippen LogP contribution in [0.1, 0.15) is 23.2 Å². The van der Waals surface area contributed by atoms with E-state index in [0.717, 1.165) is 39.2 Å². The minimum atomic E-state index is -0.411. The molecule has 1 aliphatic rings. The van der Waals surface area contributed by atoms with Gasteiger partial charge in [-0.05, 0) is 55.0 Å². The number of hydrogen-bond donors (Lipinski definition) is 0. The first-order valence-corrected chi connectivity index (χ1v) is 9.70. The SMILES string of the molecule is COC(=O)/C=C/C1CC(c2ccc(OCc3cc(C)nc4ccccc34)cc2)=NO1. The molecule has 0 radical (unpaired) electrons. The van der Waals surface area contributed by atoms with Crippen LogP contribution in [0, 0.1) is 6.92 Å². The summed E-state index contributed by atoms with van der Waals surface area (Å²) >= 11 is 0. The summed E-state index contributed by atoms with van der Waals surface area (Å²) in [7, 11) is 1.34. The highest BCUT2D eigenvalue weighted by atomic mass is 16.6. The van der Waals surface area contributed by atoms with E-state index < -0.39 is 5.97 Å². The maximum atomic E-state index is 11.2. The Morgan fingerprint density at radius 1 is 1.20 bits per heavy atom. The maximum absolute atomic E-state index is 11.2. The van der Waals surface area contributed by atoms with Crippen molar-refractivity contribution in [3.63, 3.8) is 0 Å². The fourth-order valence-electron chi connectivity index (χ4n) is 3.34. The van der Waals surface area contributed by atoms with Gasteiger partial charge in [0.1, 0.15) is 12.4 Å². The standard InChI is InChI=1S/C24H22N2O4/c1-16-13-18(21-5-3-4-6-22(21)25-16)15-29-19-9-7-17(8-10-19)23-14-20(30-26-23)11-12-24(27)28-2/h3-13,20H,14-15H2,1-2H3/b12-11+. The number of para-hydroxylation sites is 1. The quantitative estimate of drug-likeness (QED) is 0.453. The molecule has 1 aliphatic heterocycles. The fourth-order valence-corrected chi connectivity index (χ4v) is 3.34. The summed E-state index contributed by atoms with van der Waals surface area (Å²) in [5, 5.41) is 5.22. The normalized spacial score (nSPS) is 15.8. The third-order valence-electron chi connectivity index (χ3n) is 4.85. The first kappa shape index (κ1) is 19.6. The van der Waals surface area contributed by atoms with Crippen LogP contribution in [0.2, 0.25) is 0 Å². The average molecular weight is 402 g/mol. The lowest BCUT2D eigenvalue weighted by Crippen LogP contribution is -2.06. The molecule has 0 N–H and O–H groups in total. The second-order valence-electron chi connectivity index (χ2n) is 7.02. The predicted octanol–water partition coefficient (Wildman–Crippen LogP) is 4.34. The number of oxime groups is 1. The van der Waals surface area contributed by atoms with Crippen LogP contribution in [-0.4, -0.2) is 29.9 Å². The number of carbonyl (C=O) groups is 1. The number of fused-ring (bicyclic) bond motifs is 1. The largest absolute Gasteiger partial charge is 0.489 e. The van der Waals surface area contributed by atoms with Crippen molar-refractivity contribution in [2.24, 2.45) is 5.16 Å². The molecule has 6 heteroatoms. The van der Waals surface area contributed by atoms with Crippen molar-refractivity contribution in [2.75, 3.05) is 7.11 Å². The van der Waals surface area contributed by atoms with Crippen molar-refractivity contribution in [2.45, 2.75) is 26.1 Å². The van der Waals surface area contributed by atoms with Crippen molar-refractivity contribution >= 4 is 22.6 Å². The van der Waals surface area contributed by atoms with E-state index in [-0.39, 0.29) is 6.10 Å². The van der Waals surface area contributed by atoms with Gasteiger partial charge in [-0.2, -0.15) is 0 Å². The molecule has 0 saturated heterocycles. The van der Waals surface area contributed by atoms with E-state index in [2.05, 4.69) is 27.0 Å². The van der Waals surface area contributed by atoms with E-state index in [9.17, 15) is 4.79 Å². The van der Waals surface area contributed by atoms with Crippen molar-refractivity contribution < 1.29 is 19.1 Å². The summed E-state index contributed by atoms with van der Waals surface area (Å²) in [6.45, 7) is 2.45. The number of carbonyl (C=O) groups excluding carboxylic acids is 1. The number of aromatic nitrogens is 1. The summed E-state index contributed by atoms with van der Waals surface area (Å²) in [5.41, 5.74) is 4.84. The molecule has 1 atom stereocenters. The Labute approximate surface area is 174 Å². The first-order chi connectivity index (χ1) is 14.6. The Morgan fingerprint density at radius 2 is 2.00 bits per heavy atom. The highest BCUT2D eigenvalue weighted by Gasteiger charge is 2.20. The van der Waals surface area contributed by atoms with Crippen LogP contribution in [0.25, 0.3) is 10.9 Å². The molecule has 6 nitrogen and oxygen atoms in total. The first-order valence-electron chi connectivity index (χ1n) is 9.70. The number of nitrogens with zero attached hydrogens (tertiary/aromatic N) is 2. The van der Waals surface area contributed by atoms with Gasteiger partial charge in [-0.1, -0.05) is 23.4 Å². The molecule has 1 aromatic heterocycles. The number of aryl methyl sites for hydroxylation is 1. The molecular formula is C24H22N2O4. The summed E-state index contributed by atoms with van der Waals surface area (Å²) < 4.78 is 10.6. The Hall–Kier alpha value is -3.67. The van der Waals surface area contributed by atoms with Gasteiger partial charge in [-0.25, -0.2) is 4.79 Å². The second-order valence-corrected chi connectivity index (χ2v) is 7.02. The Balaban J connectivity index is 1.39. The molecule has 0 saturated carbocycles. The monoisotopic (exact) mass is 402 g/mol. The van der Waals surface area contributed by atoms with E-state index in [0.29, 0.717) is 13.0 Å². The van der Waals surface area contributed by atoms with Gasteiger partial charge in [-0.3, -0.25) is 4.98 Å². The van der Waals surface area contributed by atoms with Crippen LogP contribution in [-0.2, 0) is 21.0 Å². The van der Waals surface area contributed by atoms with Gasteiger partial charge in [0, 0.05) is 29.1 Å². The van der Waals surface area contributed by atoms with E-state index in [1.165, 1.54) is 13.2 Å². The van der Waals surface area contributed by atoms with Crippen LogP contribution in [0.3, 0.4) is 0 Å². The molecule has 0 bridgehead atoms. The molecular weight excluding hydrogens is 380 g/mol. The molecule has 0 spiro atoms. The van der Waals surface area contributed by atoms with Crippen LogP contribution < -0.4 is 4.74 Å². The molecule has 0 aliphatic carbocycles. The Morgan fingerprint density at radius 3 is 2.80 bits per heavy atom. The number of methoxy groups -OCH3 is 1. The van der Waals surface area contributed by atoms with Gasteiger partial charge in [0.15, 0.2) is 6.10 Å². The van der Waals surface area contributed by atoms with Crippen LogP contribution in [0.4, 0.5) is 0 Å². The zero-order valence-electron chi connectivity index (χ0n) is 16.9. The van der Waals surface area contributed by atoms with Gasteiger partial charge in [0.05, 0.1) is 18.3 Å². The van der Waals surface area contributed by atoms with E-state index in [4.69, 9.17) is 9.57 Å². The van der Waals surface area contributed by atoms with E-state index in [1.54, 1.807) is 6.08 Å². The van der Waals surface area contributed by atoms with Gasteiger partial charge >= 0.3 is 5.97 Å². The third-order valence-corrected chi connectivity index (χ3v) is 4.85. The molecule has 0 amide bonds. The van der Waals surface area contributed by atoms with Crippen LogP contribution >= 0.6 is 0 Å². The smallest absolute Gasteiger partial charge is 0.330 e. The number of rotatable bonds is 6. The predicted molar refractivity (Wildman–Crippen MR) is 114 cm³/mol. The molecule has 2 aromatic carbocycles. The Kier molecular flexibility index (Phi) is 5.75. The lowest BCUT2D eigenvalue weighted by atomic mass is 10.0. The summed E-state index contributed by atoms with van der Waals surface area (Å²) in [6, 6.07) is 17.9. The van der Waals surface area contributed by atoms with Crippen LogP contribution in [0.5, 0.6) is 5.75 Å². The number of benzene rings is 2. The van der Waals surface area contributed by atoms with Crippen molar-refractivity contribution in [3.8, 4) is 5.75 Å².